The van der Waals surface area contributed by atoms with Crippen molar-refractivity contribution in [1.29, 1.82) is 0 Å². The number of benzene rings is 1. The normalized spacial score (nSPS) is 16.1. The molecule has 1 heterocycles. The number of hydrogen-bond acceptors (Lipinski definition) is 3. The van der Waals surface area contributed by atoms with Crippen molar-refractivity contribution < 1.29 is 9.53 Å². The molecule has 0 saturated carbocycles. The number of amides is 1. The fraction of sp³-hybridized carbons (Fsp3) is 0.533. The first-order valence-corrected chi connectivity index (χ1v) is 7.35. The fourth-order valence-electron chi connectivity index (χ4n) is 2.27. The highest BCUT2D eigenvalue weighted by Crippen LogP contribution is 2.15. The highest BCUT2D eigenvalue weighted by molar-refractivity contribution is 6.30. The van der Waals surface area contributed by atoms with E-state index in [2.05, 4.69) is 10.2 Å². The second kappa shape index (κ2) is 7.62. The van der Waals surface area contributed by atoms with Gasteiger partial charge in [-0.3, -0.25) is 9.69 Å². The number of halogens is 1. The van der Waals surface area contributed by atoms with Crippen LogP contribution in [0.3, 0.4) is 0 Å². The summed E-state index contributed by atoms with van der Waals surface area (Å²) in [6.45, 7) is 7.02. The highest BCUT2D eigenvalue weighted by atomic mass is 35.5. The average Bonchev–Trinajstić information content (AvgIpc) is 2.43. The van der Waals surface area contributed by atoms with Crippen molar-refractivity contribution in [1.82, 2.24) is 10.2 Å². The van der Waals surface area contributed by atoms with Gasteiger partial charge in [0.25, 0.3) is 0 Å². The van der Waals surface area contributed by atoms with Crippen LogP contribution < -0.4 is 5.32 Å². The third-order valence-corrected chi connectivity index (χ3v) is 3.74. The summed E-state index contributed by atoms with van der Waals surface area (Å²) in [5.41, 5.74) is 2.08. The molecule has 4 nitrogen and oxygen atoms in total. The van der Waals surface area contributed by atoms with Gasteiger partial charge in [0.1, 0.15) is 0 Å². The smallest absolute Gasteiger partial charge is 0.224 e. The number of hydrogen-bond donors (Lipinski definition) is 1. The molecule has 110 valence electrons. The lowest BCUT2D eigenvalue weighted by Crippen LogP contribution is -2.41. The van der Waals surface area contributed by atoms with Gasteiger partial charge in [0, 0.05) is 31.2 Å². The third-order valence-electron chi connectivity index (χ3n) is 3.51. The van der Waals surface area contributed by atoms with Crippen molar-refractivity contribution >= 4 is 17.5 Å². The molecular formula is C15H21ClN2O2. The summed E-state index contributed by atoms with van der Waals surface area (Å²) in [4.78, 5) is 14.2. The maximum absolute atomic E-state index is 11.9. The summed E-state index contributed by atoms with van der Waals surface area (Å²) < 4.78 is 5.29. The Balaban J connectivity index is 1.72. The number of carbonyl (C=O) groups is 1. The third kappa shape index (κ3) is 4.78. The molecule has 1 fully saturated rings. The zero-order chi connectivity index (χ0) is 14.4. The number of carbonyl (C=O) groups excluding carboxylic acids is 1. The second-order valence-electron chi connectivity index (χ2n) is 5.05. The zero-order valence-electron chi connectivity index (χ0n) is 11.8. The predicted octanol–water partition coefficient (Wildman–Crippen LogP) is 1.64. The maximum atomic E-state index is 11.9. The van der Waals surface area contributed by atoms with E-state index in [0.29, 0.717) is 18.0 Å². The van der Waals surface area contributed by atoms with E-state index in [1.165, 1.54) is 0 Å². The van der Waals surface area contributed by atoms with E-state index < -0.39 is 0 Å². The molecule has 1 aliphatic rings. The van der Waals surface area contributed by atoms with E-state index in [-0.39, 0.29) is 5.91 Å². The van der Waals surface area contributed by atoms with E-state index in [1.54, 1.807) is 0 Å². The molecule has 0 unspecified atom stereocenters. The van der Waals surface area contributed by atoms with Crippen LogP contribution in [-0.2, 0) is 16.0 Å². The first-order chi connectivity index (χ1) is 9.65. The van der Waals surface area contributed by atoms with Crippen LogP contribution in [0.25, 0.3) is 0 Å². The molecule has 5 heteroatoms. The lowest BCUT2D eigenvalue weighted by Gasteiger charge is -2.26. The lowest BCUT2D eigenvalue weighted by atomic mass is 10.1. The van der Waals surface area contributed by atoms with E-state index in [9.17, 15) is 4.79 Å². The number of aryl methyl sites for hydroxylation is 1. The molecule has 0 spiro atoms. The van der Waals surface area contributed by atoms with Crippen molar-refractivity contribution in [2.24, 2.45) is 0 Å². The molecule has 0 aliphatic carbocycles. The van der Waals surface area contributed by atoms with Gasteiger partial charge in [0.15, 0.2) is 0 Å². The molecule has 1 amide bonds. The molecule has 0 radical (unpaired) electrons. The molecule has 1 N–H and O–H groups in total. The highest BCUT2D eigenvalue weighted by Gasteiger charge is 2.10. The molecule has 0 aromatic heterocycles. The van der Waals surface area contributed by atoms with Crippen molar-refractivity contribution in [2.75, 3.05) is 39.4 Å². The molecule has 1 aromatic carbocycles. The van der Waals surface area contributed by atoms with Gasteiger partial charge in [-0.25, -0.2) is 0 Å². The Bertz CT molecular complexity index is 459. The van der Waals surface area contributed by atoms with Gasteiger partial charge in [0.2, 0.25) is 5.91 Å². The van der Waals surface area contributed by atoms with Crippen LogP contribution in [0.5, 0.6) is 0 Å². The number of ether oxygens (including phenoxy) is 1. The lowest BCUT2D eigenvalue weighted by molar-refractivity contribution is -0.120. The molecule has 1 aliphatic heterocycles. The van der Waals surface area contributed by atoms with Gasteiger partial charge >= 0.3 is 0 Å². The molecule has 20 heavy (non-hydrogen) atoms. The molecule has 1 saturated heterocycles. The molecule has 2 rings (SSSR count). The van der Waals surface area contributed by atoms with Gasteiger partial charge in [-0.2, -0.15) is 0 Å². The summed E-state index contributed by atoms with van der Waals surface area (Å²) in [7, 11) is 0. The van der Waals surface area contributed by atoms with E-state index in [1.807, 2.05) is 25.1 Å². The Morgan fingerprint density at radius 2 is 2.15 bits per heavy atom. The molecule has 1 aromatic rings. The largest absolute Gasteiger partial charge is 0.379 e. The zero-order valence-corrected chi connectivity index (χ0v) is 12.6. The van der Waals surface area contributed by atoms with Crippen molar-refractivity contribution in [3.63, 3.8) is 0 Å². The minimum Gasteiger partial charge on any atom is -0.379 e. The minimum atomic E-state index is 0.0590. The summed E-state index contributed by atoms with van der Waals surface area (Å²) >= 11 is 5.91. The molecule has 0 atom stereocenters. The molecular weight excluding hydrogens is 276 g/mol. The van der Waals surface area contributed by atoms with E-state index in [0.717, 1.165) is 44.0 Å². The monoisotopic (exact) mass is 296 g/mol. The number of nitrogens with one attached hydrogen (secondary N) is 1. The standard InChI is InChI=1S/C15H21ClN2O2/c1-12-10-14(16)3-2-13(12)11-15(19)17-4-5-18-6-8-20-9-7-18/h2-3,10H,4-9,11H2,1H3,(H,17,19). The maximum Gasteiger partial charge on any atom is 0.224 e. The number of rotatable bonds is 5. The van der Waals surface area contributed by atoms with Gasteiger partial charge in [0.05, 0.1) is 19.6 Å². The fourth-order valence-corrected chi connectivity index (χ4v) is 2.50. The number of nitrogens with zero attached hydrogens (tertiary/aromatic N) is 1. The Morgan fingerprint density at radius 3 is 2.85 bits per heavy atom. The summed E-state index contributed by atoms with van der Waals surface area (Å²) in [5.74, 6) is 0.0590. The van der Waals surface area contributed by atoms with Crippen LogP contribution in [-0.4, -0.2) is 50.2 Å². The quantitative estimate of drug-likeness (QED) is 0.898. The number of morpholine rings is 1. The van der Waals surface area contributed by atoms with Crippen LogP contribution in [0.2, 0.25) is 5.02 Å². The van der Waals surface area contributed by atoms with Gasteiger partial charge in [-0.05, 0) is 30.2 Å². The van der Waals surface area contributed by atoms with Crippen LogP contribution in [0.4, 0.5) is 0 Å². The minimum absolute atomic E-state index is 0.0590. The van der Waals surface area contributed by atoms with Crippen LogP contribution in [0.15, 0.2) is 18.2 Å². The van der Waals surface area contributed by atoms with Gasteiger partial charge < -0.3 is 10.1 Å². The summed E-state index contributed by atoms with van der Waals surface area (Å²) in [6, 6.07) is 5.63. The van der Waals surface area contributed by atoms with E-state index >= 15 is 0 Å². The molecule has 0 bridgehead atoms. The first-order valence-electron chi connectivity index (χ1n) is 6.97. The summed E-state index contributed by atoms with van der Waals surface area (Å²) in [6.07, 6.45) is 0.409. The average molecular weight is 297 g/mol. The van der Waals surface area contributed by atoms with Crippen molar-refractivity contribution in [3.05, 3.63) is 34.3 Å². The van der Waals surface area contributed by atoms with Crippen molar-refractivity contribution in [2.45, 2.75) is 13.3 Å². The summed E-state index contributed by atoms with van der Waals surface area (Å²) in [5, 5.41) is 3.67. The van der Waals surface area contributed by atoms with Crippen molar-refractivity contribution in [3.8, 4) is 0 Å². The Hall–Kier alpha value is -1.10. The topological polar surface area (TPSA) is 41.6 Å². The SMILES string of the molecule is Cc1cc(Cl)ccc1CC(=O)NCCN1CCOCC1. The predicted molar refractivity (Wildman–Crippen MR) is 80.2 cm³/mol. The van der Waals surface area contributed by atoms with Crippen LogP contribution >= 0.6 is 11.6 Å². The van der Waals surface area contributed by atoms with Gasteiger partial charge in [-0.15, -0.1) is 0 Å². The van der Waals surface area contributed by atoms with Crippen LogP contribution in [0.1, 0.15) is 11.1 Å². The second-order valence-corrected chi connectivity index (χ2v) is 5.49. The first kappa shape index (κ1) is 15.3. The Morgan fingerprint density at radius 1 is 1.40 bits per heavy atom. The Labute approximate surface area is 125 Å². The van der Waals surface area contributed by atoms with E-state index in [4.69, 9.17) is 16.3 Å². The van der Waals surface area contributed by atoms with Gasteiger partial charge in [-0.1, -0.05) is 17.7 Å². The van der Waals surface area contributed by atoms with Crippen LogP contribution in [0, 0.1) is 6.92 Å². The Kier molecular flexibility index (Phi) is 5.83.